The fourth-order valence-electron chi connectivity index (χ4n) is 3.04. The van der Waals surface area contributed by atoms with Crippen molar-refractivity contribution < 1.29 is 19.8 Å². The van der Waals surface area contributed by atoms with Crippen molar-refractivity contribution in [3.63, 3.8) is 0 Å². The first kappa shape index (κ1) is 14.1. The van der Waals surface area contributed by atoms with Gasteiger partial charge in [-0.3, -0.25) is 4.79 Å². The number of likely N-dealkylation sites (tertiary alicyclic amines) is 1. The second-order valence-corrected chi connectivity index (χ2v) is 5.50. The third-order valence-corrected chi connectivity index (χ3v) is 4.09. The van der Waals surface area contributed by atoms with Gasteiger partial charge >= 0.3 is 12.0 Å². The van der Waals surface area contributed by atoms with Crippen LogP contribution in [0, 0.1) is 0 Å². The number of amides is 2. The molecule has 2 aliphatic rings. The van der Waals surface area contributed by atoms with E-state index in [-0.39, 0.29) is 24.5 Å². The Bertz CT molecular complexity index is 348. The second-order valence-electron chi connectivity index (χ2n) is 5.50. The van der Waals surface area contributed by atoms with E-state index in [1.54, 1.807) is 4.90 Å². The highest BCUT2D eigenvalue weighted by atomic mass is 16.4. The molecule has 108 valence electrons. The predicted molar refractivity (Wildman–Crippen MR) is 68.8 cm³/mol. The molecule has 1 saturated heterocycles. The molecule has 1 heterocycles. The van der Waals surface area contributed by atoms with Crippen LogP contribution in [-0.2, 0) is 4.79 Å². The zero-order valence-electron chi connectivity index (χ0n) is 11.0. The second kappa shape index (κ2) is 6.23. The summed E-state index contributed by atoms with van der Waals surface area (Å²) in [5.74, 6) is -0.873. The summed E-state index contributed by atoms with van der Waals surface area (Å²) < 4.78 is 0. The van der Waals surface area contributed by atoms with Crippen LogP contribution in [0.15, 0.2) is 0 Å². The summed E-state index contributed by atoms with van der Waals surface area (Å²) in [5.41, 5.74) is 0. The van der Waals surface area contributed by atoms with Crippen LogP contribution in [0.3, 0.4) is 0 Å². The Hall–Kier alpha value is -1.30. The number of aliphatic hydroxyl groups excluding tert-OH is 1. The first-order chi connectivity index (χ1) is 9.08. The molecular formula is C13H22N2O4. The van der Waals surface area contributed by atoms with E-state index in [9.17, 15) is 14.7 Å². The summed E-state index contributed by atoms with van der Waals surface area (Å²) in [6, 6.07) is -0.625. The van der Waals surface area contributed by atoms with E-state index in [1.807, 2.05) is 0 Å². The number of aliphatic carboxylic acids is 1. The molecule has 0 bridgehead atoms. The number of aliphatic hydroxyl groups is 1. The summed E-state index contributed by atoms with van der Waals surface area (Å²) in [5, 5.41) is 21.5. The van der Waals surface area contributed by atoms with Crippen LogP contribution in [0.2, 0.25) is 0 Å². The number of urea groups is 1. The van der Waals surface area contributed by atoms with Gasteiger partial charge in [0.15, 0.2) is 0 Å². The van der Waals surface area contributed by atoms with Crippen molar-refractivity contribution in [1.82, 2.24) is 10.2 Å². The van der Waals surface area contributed by atoms with Gasteiger partial charge in [0.05, 0.1) is 18.6 Å². The molecule has 0 aromatic carbocycles. The van der Waals surface area contributed by atoms with E-state index in [4.69, 9.17) is 5.11 Å². The highest BCUT2D eigenvalue weighted by molar-refractivity contribution is 5.76. The molecule has 1 aliphatic heterocycles. The maximum absolute atomic E-state index is 12.2. The highest BCUT2D eigenvalue weighted by Crippen LogP contribution is 2.22. The van der Waals surface area contributed by atoms with Crippen LogP contribution in [0.1, 0.15) is 44.9 Å². The lowest BCUT2D eigenvalue weighted by Crippen LogP contribution is -2.51. The predicted octanol–water partition coefficient (Wildman–Crippen LogP) is 0.939. The summed E-state index contributed by atoms with van der Waals surface area (Å²) >= 11 is 0. The van der Waals surface area contributed by atoms with Gasteiger partial charge in [0.25, 0.3) is 0 Å². The number of carboxylic acids is 1. The third kappa shape index (κ3) is 3.59. The number of rotatable bonds is 3. The van der Waals surface area contributed by atoms with Crippen molar-refractivity contribution in [2.75, 3.05) is 6.54 Å². The first-order valence-electron chi connectivity index (χ1n) is 7.05. The van der Waals surface area contributed by atoms with Gasteiger partial charge in [-0.2, -0.15) is 0 Å². The number of hydrogen-bond donors (Lipinski definition) is 3. The SMILES string of the molecule is O=C(O)CC1CCCN1C(=O)NC1CCCCC1O. The van der Waals surface area contributed by atoms with Gasteiger partial charge in [-0.15, -0.1) is 0 Å². The lowest BCUT2D eigenvalue weighted by molar-refractivity contribution is -0.137. The topological polar surface area (TPSA) is 89.9 Å². The molecule has 1 aliphatic carbocycles. The molecule has 1 saturated carbocycles. The van der Waals surface area contributed by atoms with Gasteiger partial charge < -0.3 is 20.4 Å². The lowest BCUT2D eigenvalue weighted by atomic mass is 9.93. The van der Waals surface area contributed by atoms with Gasteiger partial charge in [-0.05, 0) is 25.7 Å². The molecule has 3 unspecified atom stereocenters. The van der Waals surface area contributed by atoms with E-state index in [0.29, 0.717) is 6.54 Å². The average molecular weight is 270 g/mol. The van der Waals surface area contributed by atoms with E-state index in [0.717, 1.165) is 38.5 Å². The van der Waals surface area contributed by atoms with Crippen molar-refractivity contribution in [2.45, 2.75) is 63.1 Å². The molecule has 3 N–H and O–H groups in total. The molecule has 6 nitrogen and oxygen atoms in total. The monoisotopic (exact) mass is 270 g/mol. The molecule has 6 heteroatoms. The molecule has 2 fully saturated rings. The van der Waals surface area contributed by atoms with E-state index in [1.165, 1.54) is 0 Å². The van der Waals surface area contributed by atoms with Crippen molar-refractivity contribution in [1.29, 1.82) is 0 Å². The van der Waals surface area contributed by atoms with Gasteiger partial charge in [0.2, 0.25) is 0 Å². The van der Waals surface area contributed by atoms with E-state index < -0.39 is 12.1 Å². The lowest BCUT2D eigenvalue weighted by Gasteiger charge is -2.31. The summed E-state index contributed by atoms with van der Waals surface area (Å²) in [7, 11) is 0. The molecule has 0 spiro atoms. The Balaban J connectivity index is 1.89. The minimum Gasteiger partial charge on any atom is -0.481 e. The largest absolute Gasteiger partial charge is 0.481 e. The molecule has 2 rings (SSSR count). The Labute approximate surface area is 112 Å². The Morgan fingerprint density at radius 1 is 1.16 bits per heavy atom. The summed E-state index contributed by atoms with van der Waals surface area (Å²) in [6.07, 6.45) is 4.65. The van der Waals surface area contributed by atoms with Crippen LogP contribution in [0.5, 0.6) is 0 Å². The van der Waals surface area contributed by atoms with Crippen molar-refractivity contribution in [3.05, 3.63) is 0 Å². The Morgan fingerprint density at radius 2 is 1.89 bits per heavy atom. The normalized spacial score (nSPS) is 31.2. The van der Waals surface area contributed by atoms with Gasteiger partial charge in [0, 0.05) is 12.6 Å². The minimum atomic E-state index is -0.873. The smallest absolute Gasteiger partial charge is 0.317 e. The highest BCUT2D eigenvalue weighted by Gasteiger charge is 2.33. The number of nitrogens with one attached hydrogen (secondary N) is 1. The number of nitrogens with zero attached hydrogens (tertiary/aromatic N) is 1. The molecule has 0 aromatic heterocycles. The van der Waals surface area contributed by atoms with Crippen LogP contribution in [-0.4, -0.2) is 51.8 Å². The van der Waals surface area contributed by atoms with Gasteiger partial charge in [-0.25, -0.2) is 4.79 Å². The van der Waals surface area contributed by atoms with E-state index >= 15 is 0 Å². The number of carbonyl (C=O) groups excluding carboxylic acids is 1. The number of hydrogen-bond acceptors (Lipinski definition) is 3. The van der Waals surface area contributed by atoms with E-state index in [2.05, 4.69) is 5.32 Å². The van der Waals surface area contributed by atoms with Gasteiger partial charge in [-0.1, -0.05) is 12.8 Å². The summed E-state index contributed by atoms with van der Waals surface area (Å²) in [4.78, 5) is 24.5. The van der Waals surface area contributed by atoms with Crippen molar-refractivity contribution >= 4 is 12.0 Å². The standard InChI is InChI=1S/C13H22N2O4/c16-11-6-2-1-5-10(11)14-13(19)15-7-3-4-9(15)8-12(17)18/h9-11,16H,1-8H2,(H,14,19)(H,17,18). The molecule has 2 amide bonds. The Kier molecular flexibility index (Phi) is 4.63. The fourth-order valence-corrected chi connectivity index (χ4v) is 3.04. The fraction of sp³-hybridized carbons (Fsp3) is 0.846. The molecule has 0 aromatic rings. The van der Waals surface area contributed by atoms with Crippen LogP contribution in [0.25, 0.3) is 0 Å². The van der Waals surface area contributed by atoms with Crippen molar-refractivity contribution in [3.8, 4) is 0 Å². The van der Waals surface area contributed by atoms with Crippen LogP contribution < -0.4 is 5.32 Å². The maximum atomic E-state index is 12.2. The summed E-state index contributed by atoms with van der Waals surface area (Å²) in [6.45, 7) is 0.604. The maximum Gasteiger partial charge on any atom is 0.317 e. The molecule has 19 heavy (non-hydrogen) atoms. The Morgan fingerprint density at radius 3 is 2.58 bits per heavy atom. The quantitative estimate of drug-likeness (QED) is 0.712. The van der Waals surface area contributed by atoms with Crippen LogP contribution in [0.4, 0.5) is 4.79 Å². The number of carbonyl (C=O) groups is 2. The van der Waals surface area contributed by atoms with Gasteiger partial charge in [0.1, 0.15) is 0 Å². The number of carboxylic acid groups (broad SMARTS) is 1. The minimum absolute atomic E-state index is 0.000635. The molecule has 3 atom stereocenters. The molecular weight excluding hydrogens is 248 g/mol. The zero-order chi connectivity index (χ0) is 13.8. The third-order valence-electron chi connectivity index (χ3n) is 4.09. The first-order valence-corrected chi connectivity index (χ1v) is 7.05. The average Bonchev–Trinajstić information content (AvgIpc) is 2.79. The van der Waals surface area contributed by atoms with Crippen molar-refractivity contribution in [2.24, 2.45) is 0 Å². The zero-order valence-corrected chi connectivity index (χ0v) is 11.0. The van der Waals surface area contributed by atoms with Crippen LogP contribution >= 0.6 is 0 Å². The molecule has 0 radical (unpaired) electrons.